The summed E-state index contributed by atoms with van der Waals surface area (Å²) >= 11 is 0. The van der Waals surface area contributed by atoms with Crippen LogP contribution in [0.5, 0.6) is 0 Å². The van der Waals surface area contributed by atoms with Crippen molar-refractivity contribution in [2.75, 3.05) is 52.5 Å². The zero-order chi connectivity index (χ0) is 18.8. The lowest BCUT2D eigenvalue weighted by Gasteiger charge is -2.26. The number of rotatable bonds is 8. The Kier molecular flexibility index (Phi) is 8.39. The van der Waals surface area contributed by atoms with E-state index in [9.17, 15) is 0 Å². The van der Waals surface area contributed by atoms with Crippen molar-refractivity contribution < 1.29 is 4.74 Å². The highest BCUT2D eigenvalue weighted by Crippen LogP contribution is 2.24. The number of ether oxygens (including phenoxy) is 1. The summed E-state index contributed by atoms with van der Waals surface area (Å²) < 4.78 is 5.40. The van der Waals surface area contributed by atoms with Gasteiger partial charge >= 0.3 is 0 Å². The molecule has 0 radical (unpaired) electrons. The first-order valence-electron chi connectivity index (χ1n) is 9.91. The van der Waals surface area contributed by atoms with Crippen molar-refractivity contribution >= 4 is 5.96 Å². The predicted octanol–water partition coefficient (Wildman–Crippen LogP) is 2.55. The van der Waals surface area contributed by atoms with E-state index < -0.39 is 0 Å². The molecule has 5 nitrogen and oxygen atoms in total. The molecule has 1 heterocycles. The van der Waals surface area contributed by atoms with E-state index in [0.29, 0.717) is 0 Å². The van der Waals surface area contributed by atoms with Gasteiger partial charge in [-0.3, -0.25) is 9.89 Å². The van der Waals surface area contributed by atoms with Gasteiger partial charge in [0.2, 0.25) is 0 Å². The molecule has 26 heavy (non-hydrogen) atoms. The van der Waals surface area contributed by atoms with E-state index in [4.69, 9.17) is 9.73 Å². The summed E-state index contributed by atoms with van der Waals surface area (Å²) in [7, 11) is 0. The van der Waals surface area contributed by atoms with Gasteiger partial charge in [-0.15, -0.1) is 0 Å². The summed E-state index contributed by atoms with van der Waals surface area (Å²) in [5.41, 5.74) is 2.65. The predicted molar refractivity (Wildman–Crippen MR) is 110 cm³/mol. The average molecular weight is 361 g/mol. The van der Waals surface area contributed by atoms with Crippen LogP contribution < -0.4 is 10.6 Å². The van der Waals surface area contributed by atoms with Gasteiger partial charge in [-0.05, 0) is 32.4 Å². The molecule has 0 aromatic heterocycles. The molecule has 1 aliphatic heterocycles. The Morgan fingerprint density at radius 2 is 2.00 bits per heavy atom. The topological polar surface area (TPSA) is 48.9 Å². The minimum absolute atomic E-state index is 0.0160. The monoisotopic (exact) mass is 360 g/mol. The van der Waals surface area contributed by atoms with E-state index in [2.05, 4.69) is 67.5 Å². The van der Waals surface area contributed by atoms with E-state index in [0.717, 1.165) is 64.9 Å². The number of morpholine rings is 1. The fourth-order valence-electron chi connectivity index (χ4n) is 3.11. The van der Waals surface area contributed by atoms with Crippen LogP contribution in [0.3, 0.4) is 0 Å². The lowest BCUT2D eigenvalue weighted by molar-refractivity contribution is 0.0376. The molecule has 1 aliphatic rings. The highest BCUT2D eigenvalue weighted by molar-refractivity contribution is 5.79. The summed E-state index contributed by atoms with van der Waals surface area (Å²) in [6, 6.07) is 8.73. The first kappa shape index (κ1) is 20.7. The molecule has 0 saturated carbocycles. The first-order chi connectivity index (χ1) is 12.5. The number of nitrogens with zero attached hydrogens (tertiary/aromatic N) is 2. The van der Waals surface area contributed by atoms with Crippen molar-refractivity contribution in [1.29, 1.82) is 0 Å². The van der Waals surface area contributed by atoms with Crippen molar-refractivity contribution in [3.05, 3.63) is 35.4 Å². The number of hydrogen-bond donors (Lipinski definition) is 2. The molecule has 5 heteroatoms. The van der Waals surface area contributed by atoms with Crippen LogP contribution in [0, 0.1) is 6.92 Å². The first-order valence-corrected chi connectivity index (χ1v) is 9.91. The molecule has 0 unspecified atom stereocenters. The molecule has 0 amide bonds. The third-order valence-corrected chi connectivity index (χ3v) is 4.82. The second-order valence-corrected chi connectivity index (χ2v) is 7.68. The van der Waals surface area contributed by atoms with Gasteiger partial charge in [0.1, 0.15) is 0 Å². The summed E-state index contributed by atoms with van der Waals surface area (Å²) in [6.07, 6.45) is 1.12. The minimum Gasteiger partial charge on any atom is -0.379 e. The Bertz CT molecular complexity index is 565. The average Bonchev–Trinajstić information content (AvgIpc) is 2.64. The Labute approximate surface area is 159 Å². The van der Waals surface area contributed by atoms with Gasteiger partial charge in [-0.2, -0.15) is 0 Å². The number of benzene rings is 1. The van der Waals surface area contributed by atoms with Crippen molar-refractivity contribution in [1.82, 2.24) is 15.5 Å². The molecule has 2 N–H and O–H groups in total. The van der Waals surface area contributed by atoms with Crippen LogP contribution in [0.1, 0.15) is 38.3 Å². The van der Waals surface area contributed by atoms with Gasteiger partial charge in [0.05, 0.1) is 19.8 Å². The highest BCUT2D eigenvalue weighted by atomic mass is 16.5. The molecular formula is C21H36N4O. The molecule has 1 saturated heterocycles. The van der Waals surface area contributed by atoms with Crippen LogP contribution >= 0.6 is 0 Å². The molecule has 1 fully saturated rings. The van der Waals surface area contributed by atoms with Crippen molar-refractivity contribution in [3.63, 3.8) is 0 Å². The lowest BCUT2D eigenvalue weighted by atomic mass is 9.84. The van der Waals surface area contributed by atoms with Crippen LogP contribution in [0.2, 0.25) is 0 Å². The maximum atomic E-state index is 5.40. The van der Waals surface area contributed by atoms with Gasteiger partial charge < -0.3 is 15.4 Å². The SMILES string of the molecule is CCNC(=NCC(C)(C)c1cccc(C)c1)NCCCN1CCOCC1. The van der Waals surface area contributed by atoms with Gasteiger partial charge in [0.25, 0.3) is 0 Å². The fraction of sp³-hybridized carbons (Fsp3) is 0.667. The summed E-state index contributed by atoms with van der Waals surface area (Å²) in [5.74, 6) is 0.912. The quantitative estimate of drug-likeness (QED) is 0.425. The Morgan fingerprint density at radius 1 is 1.23 bits per heavy atom. The van der Waals surface area contributed by atoms with Crippen LogP contribution in [-0.2, 0) is 10.2 Å². The molecule has 1 aromatic carbocycles. The second kappa shape index (κ2) is 10.5. The number of guanidine groups is 1. The molecule has 0 aliphatic carbocycles. The molecule has 0 spiro atoms. The Morgan fingerprint density at radius 3 is 2.69 bits per heavy atom. The molecular weight excluding hydrogens is 324 g/mol. The Hall–Kier alpha value is -1.59. The molecule has 2 rings (SSSR count). The largest absolute Gasteiger partial charge is 0.379 e. The zero-order valence-corrected chi connectivity index (χ0v) is 17.0. The van der Waals surface area contributed by atoms with Crippen molar-refractivity contribution in [2.45, 2.75) is 39.5 Å². The number of nitrogens with one attached hydrogen (secondary N) is 2. The van der Waals surface area contributed by atoms with Gasteiger partial charge in [-0.1, -0.05) is 43.7 Å². The van der Waals surface area contributed by atoms with E-state index in [1.54, 1.807) is 0 Å². The van der Waals surface area contributed by atoms with Gasteiger partial charge in [0.15, 0.2) is 5.96 Å². The smallest absolute Gasteiger partial charge is 0.191 e. The van der Waals surface area contributed by atoms with E-state index in [1.807, 2.05) is 0 Å². The highest BCUT2D eigenvalue weighted by Gasteiger charge is 2.20. The van der Waals surface area contributed by atoms with E-state index in [-0.39, 0.29) is 5.41 Å². The van der Waals surface area contributed by atoms with Crippen molar-refractivity contribution in [3.8, 4) is 0 Å². The Balaban J connectivity index is 1.82. The number of aliphatic imine (C=N–C) groups is 1. The molecule has 0 atom stereocenters. The van der Waals surface area contributed by atoms with E-state index in [1.165, 1.54) is 11.1 Å². The van der Waals surface area contributed by atoms with E-state index >= 15 is 0 Å². The summed E-state index contributed by atoms with van der Waals surface area (Å²) in [6.45, 7) is 16.3. The number of aryl methyl sites for hydroxylation is 1. The van der Waals surface area contributed by atoms with Gasteiger partial charge in [0, 0.05) is 31.6 Å². The molecule has 0 bridgehead atoms. The van der Waals surface area contributed by atoms with Crippen molar-refractivity contribution in [2.24, 2.45) is 4.99 Å². The molecule has 1 aromatic rings. The third kappa shape index (κ3) is 6.96. The molecule has 146 valence electrons. The van der Waals surface area contributed by atoms with Crippen LogP contribution in [0.4, 0.5) is 0 Å². The van der Waals surface area contributed by atoms with Crippen LogP contribution in [-0.4, -0.2) is 63.3 Å². The number of hydrogen-bond acceptors (Lipinski definition) is 3. The van der Waals surface area contributed by atoms with Crippen LogP contribution in [0.15, 0.2) is 29.3 Å². The normalized spacial score (nSPS) is 16.5. The third-order valence-electron chi connectivity index (χ3n) is 4.82. The zero-order valence-electron chi connectivity index (χ0n) is 17.0. The maximum absolute atomic E-state index is 5.40. The minimum atomic E-state index is 0.0160. The maximum Gasteiger partial charge on any atom is 0.191 e. The lowest BCUT2D eigenvalue weighted by Crippen LogP contribution is -2.41. The summed E-state index contributed by atoms with van der Waals surface area (Å²) in [4.78, 5) is 7.30. The fourth-order valence-corrected chi connectivity index (χ4v) is 3.11. The van der Waals surface area contributed by atoms with Crippen LogP contribution in [0.25, 0.3) is 0 Å². The second-order valence-electron chi connectivity index (χ2n) is 7.68. The summed E-state index contributed by atoms with van der Waals surface area (Å²) in [5, 5.41) is 6.84. The van der Waals surface area contributed by atoms with Gasteiger partial charge in [-0.25, -0.2) is 0 Å². The standard InChI is InChI=1S/C21H36N4O/c1-5-22-20(23-10-7-11-25-12-14-26-15-13-25)24-17-21(3,4)19-9-6-8-18(2)16-19/h6,8-9,16H,5,7,10-15,17H2,1-4H3,(H2,22,23,24).